The van der Waals surface area contributed by atoms with E-state index in [1.165, 1.54) is 7.11 Å². The molecule has 1 saturated heterocycles. The molecule has 0 radical (unpaired) electrons. The van der Waals surface area contributed by atoms with Crippen molar-refractivity contribution in [3.05, 3.63) is 23.8 Å². The molecule has 0 bridgehead atoms. The van der Waals surface area contributed by atoms with E-state index < -0.39 is 6.16 Å². The zero-order valence-electron chi connectivity index (χ0n) is 10.4. The van der Waals surface area contributed by atoms with Crippen LogP contribution < -0.4 is 9.47 Å². The van der Waals surface area contributed by atoms with Gasteiger partial charge in [0.25, 0.3) is 0 Å². The van der Waals surface area contributed by atoms with Gasteiger partial charge in [-0.25, -0.2) is 4.79 Å². The van der Waals surface area contributed by atoms with E-state index in [9.17, 15) is 4.79 Å². The molecule has 0 aromatic heterocycles. The summed E-state index contributed by atoms with van der Waals surface area (Å²) in [4.78, 5) is 11.0. The molecule has 2 aliphatic heterocycles. The zero-order chi connectivity index (χ0) is 12.9. The fraction of sp³-hybridized carbons (Fsp3) is 0.462. The van der Waals surface area contributed by atoms with Crippen molar-refractivity contribution in [2.45, 2.75) is 31.7 Å². The van der Waals surface area contributed by atoms with Gasteiger partial charge in [0.05, 0.1) is 7.11 Å². The normalized spacial score (nSPS) is 26.4. The maximum atomic E-state index is 11.0. The second kappa shape index (κ2) is 3.62. The number of carbonyl (C=O) groups is 1. The highest BCUT2D eigenvalue weighted by Gasteiger charge is 2.56. The number of hydrogen-bond donors (Lipinski definition) is 0. The van der Waals surface area contributed by atoms with Crippen LogP contribution in [0.3, 0.4) is 0 Å². The van der Waals surface area contributed by atoms with Crippen LogP contribution >= 0.6 is 0 Å². The van der Waals surface area contributed by atoms with Gasteiger partial charge in [-0.2, -0.15) is 0 Å². The van der Waals surface area contributed by atoms with Gasteiger partial charge in [-0.1, -0.05) is 0 Å². The predicted molar refractivity (Wildman–Crippen MR) is 61.8 cm³/mol. The van der Waals surface area contributed by atoms with Crippen molar-refractivity contribution in [3.8, 4) is 11.5 Å². The Kier molecular flexibility index (Phi) is 2.28. The fourth-order valence-corrected chi connectivity index (χ4v) is 2.26. The number of epoxide rings is 1. The second-order valence-corrected chi connectivity index (χ2v) is 4.94. The molecule has 2 unspecified atom stereocenters. The summed E-state index contributed by atoms with van der Waals surface area (Å²) in [6, 6.07) is 5.22. The second-order valence-electron chi connectivity index (χ2n) is 4.94. The highest BCUT2D eigenvalue weighted by molar-refractivity contribution is 5.64. The van der Waals surface area contributed by atoms with Crippen LogP contribution in [0.5, 0.6) is 11.5 Å². The standard InChI is InChI=1S/C13H14O5/c1-13(2)11-10(17-11)8-6-7(16-12(14)15-3)4-5-9(8)18-13/h4-6,10-11H,1-3H3. The first-order chi connectivity index (χ1) is 8.51. The Hall–Kier alpha value is -1.75. The molecule has 2 heterocycles. The first-order valence-corrected chi connectivity index (χ1v) is 5.75. The molecule has 0 N–H and O–H groups in total. The molecule has 1 aromatic rings. The summed E-state index contributed by atoms with van der Waals surface area (Å²) in [6.45, 7) is 4.00. The third-order valence-corrected chi connectivity index (χ3v) is 3.21. The fourth-order valence-electron chi connectivity index (χ4n) is 2.26. The van der Waals surface area contributed by atoms with Crippen molar-refractivity contribution in [2.75, 3.05) is 7.11 Å². The topological polar surface area (TPSA) is 57.3 Å². The summed E-state index contributed by atoms with van der Waals surface area (Å²) < 4.78 is 20.9. The van der Waals surface area contributed by atoms with Crippen molar-refractivity contribution in [3.63, 3.8) is 0 Å². The lowest BCUT2D eigenvalue weighted by Gasteiger charge is -2.29. The van der Waals surface area contributed by atoms with Crippen LogP contribution in [0, 0.1) is 0 Å². The Morgan fingerprint density at radius 2 is 2.17 bits per heavy atom. The van der Waals surface area contributed by atoms with Gasteiger partial charge in [0, 0.05) is 5.56 Å². The highest BCUT2D eigenvalue weighted by atomic mass is 16.7. The number of methoxy groups -OCH3 is 1. The summed E-state index contributed by atoms with van der Waals surface area (Å²) in [5, 5.41) is 0. The molecule has 0 aliphatic carbocycles. The van der Waals surface area contributed by atoms with Gasteiger partial charge in [-0.15, -0.1) is 0 Å². The predicted octanol–water partition coefficient (Wildman–Crippen LogP) is 2.44. The van der Waals surface area contributed by atoms with E-state index in [1.54, 1.807) is 18.2 Å². The van der Waals surface area contributed by atoms with Crippen LogP contribution in [0.25, 0.3) is 0 Å². The summed E-state index contributed by atoms with van der Waals surface area (Å²) in [6.07, 6.45) is -0.636. The van der Waals surface area contributed by atoms with Gasteiger partial charge in [-0.05, 0) is 32.0 Å². The molecule has 3 rings (SSSR count). The van der Waals surface area contributed by atoms with Gasteiger partial charge in [0.1, 0.15) is 29.3 Å². The molecule has 1 aromatic carbocycles. The molecule has 2 aliphatic rings. The third-order valence-electron chi connectivity index (χ3n) is 3.21. The zero-order valence-corrected chi connectivity index (χ0v) is 10.4. The summed E-state index contributed by atoms with van der Waals surface area (Å²) in [5.74, 6) is 1.20. The number of rotatable bonds is 1. The first-order valence-electron chi connectivity index (χ1n) is 5.75. The lowest BCUT2D eigenvalue weighted by Crippen LogP contribution is -2.37. The van der Waals surface area contributed by atoms with E-state index in [2.05, 4.69) is 4.74 Å². The van der Waals surface area contributed by atoms with Crippen LogP contribution in [-0.2, 0) is 9.47 Å². The van der Waals surface area contributed by atoms with Crippen LogP contribution in [0.4, 0.5) is 4.79 Å². The minimum Gasteiger partial charge on any atom is -0.485 e. The summed E-state index contributed by atoms with van der Waals surface area (Å²) in [7, 11) is 1.27. The van der Waals surface area contributed by atoms with Crippen LogP contribution in [-0.4, -0.2) is 25.0 Å². The maximum Gasteiger partial charge on any atom is 0.513 e. The average Bonchev–Trinajstić information content (AvgIpc) is 3.11. The lowest BCUT2D eigenvalue weighted by atomic mass is 9.94. The molecule has 2 atom stereocenters. The van der Waals surface area contributed by atoms with E-state index in [0.29, 0.717) is 5.75 Å². The molecule has 0 saturated carbocycles. The maximum absolute atomic E-state index is 11.0. The van der Waals surface area contributed by atoms with Crippen molar-refractivity contribution >= 4 is 6.16 Å². The Labute approximate surface area is 105 Å². The van der Waals surface area contributed by atoms with Crippen molar-refractivity contribution in [1.82, 2.24) is 0 Å². The number of fused-ring (bicyclic) bond motifs is 3. The molecule has 5 heteroatoms. The summed E-state index contributed by atoms with van der Waals surface area (Å²) >= 11 is 0. The Morgan fingerprint density at radius 1 is 1.39 bits per heavy atom. The number of carbonyl (C=O) groups excluding carboxylic acids is 1. The van der Waals surface area contributed by atoms with Crippen molar-refractivity contribution in [2.24, 2.45) is 0 Å². The number of ether oxygens (including phenoxy) is 4. The summed E-state index contributed by atoms with van der Waals surface area (Å²) in [5.41, 5.74) is 0.600. The van der Waals surface area contributed by atoms with Crippen LogP contribution in [0.15, 0.2) is 18.2 Å². The van der Waals surface area contributed by atoms with Gasteiger partial charge in [0.15, 0.2) is 0 Å². The molecule has 1 fully saturated rings. The largest absolute Gasteiger partial charge is 0.513 e. The van der Waals surface area contributed by atoms with E-state index in [-0.39, 0.29) is 17.8 Å². The average molecular weight is 250 g/mol. The Balaban J connectivity index is 1.89. The smallest absolute Gasteiger partial charge is 0.485 e. The third kappa shape index (κ3) is 1.71. The molecule has 18 heavy (non-hydrogen) atoms. The highest BCUT2D eigenvalue weighted by Crippen LogP contribution is 2.54. The van der Waals surface area contributed by atoms with Gasteiger partial charge in [0.2, 0.25) is 0 Å². The van der Waals surface area contributed by atoms with Crippen LogP contribution in [0.1, 0.15) is 25.5 Å². The number of hydrogen-bond acceptors (Lipinski definition) is 5. The Morgan fingerprint density at radius 3 is 2.89 bits per heavy atom. The Bertz CT molecular complexity index is 508. The van der Waals surface area contributed by atoms with E-state index in [1.807, 2.05) is 13.8 Å². The molecular formula is C13H14O5. The van der Waals surface area contributed by atoms with E-state index in [4.69, 9.17) is 14.2 Å². The van der Waals surface area contributed by atoms with Crippen molar-refractivity contribution in [1.29, 1.82) is 0 Å². The molecule has 0 spiro atoms. The van der Waals surface area contributed by atoms with Crippen LogP contribution in [0.2, 0.25) is 0 Å². The monoisotopic (exact) mass is 250 g/mol. The van der Waals surface area contributed by atoms with E-state index in [0.717, 1.165) is 11.3 Å². The van der Waals surface area contributed by atoms with Gasteiger partial charge in [-0.3, -0.25) is 0 Å². The van der Waals surface area contributed by atoms with Gasteiger partial charge >= 0.3 is 6.16 Å². The van der Waals surface area contributed by atoms with Crippen molar-refractivity contribution < 1.29 is 23.7 Å². The van der Waals surface area contributed by atoms with Gasteiger partial charge < -0.3 is 18.9 Å². The number of benzene rings is 1. The molecular weight excluding hydrogens is 236 g/mol. The van der Waals surface area contributed by atoms with E-state index >= 15 is 0 Å². The minimum atomic E-state index is -0.736. The molecule has 5 nitrogen and oxygen atoms in total. The first kappa shape index (κ1) is 11.3. The minimum absolute atomic E-state index is 0.0324. The molecule has 96 valence electrons. The lowest BCUT2D eigenvalue weighted by molar-refractivity contribution is 0.0723. The SMILES string of the molecule is COC(=O)Oc1ccc2c(c1)C1OC1C(C)(C)O2. The quantitative estimate of drug-likeness (QED) is 0.435. The molecule has 0 amide bonds.